The maximum atomic E-state index is 13.3. The Morgan fingerprint density at radius 1 is 0.955 bits per heavy atom. The second kappa shape index (κ2) is 14.4. The molecule has 0 aliphatic carbocycles. The Bertz CT molecular complexity index is 1770. The van der Waals surface area contributed by atoms with E-state index in [0.717, 1.165) is 21.9 Å². The van der Waals surface area contributed by atoms with Gasteiger partial charge in [-0.1, -0.05) is 24.3 Å². The predicted molar refractivity (Wildman–Crippen MR) is 174 cm³/mol. The van der Waals surface area contributed by atoms with Gasteiger partial charge in [-0.25, -0.2) is 4.98 Å². The summed E-state index contributed by atoms with van der Waals surface area (Å²) in [4.78, 5) is 44.3. The normalized spacial score (nSPS) is 11.8. The smallest absolute Gasteiger partial charge is 0.272 e. The summed E-state index contributed by atoms with van der Waals surface area (Å²) in [5.74, 6) is -0.00178. The Hall–Kier alpha value is -5.13. The quantitative estimate of drug-likeness (QED) is 0.107. The zero-order valence-electron chi connectivity index (χ0n) is 23.8. The molecular weight excluding hydrogens is 597 g/mol. The summed E-state index contributed by atoms with van der Waals surface area (Å²) in [6.45, 7) is 1.80. The molecule has 11 heteroatoms. The zero-order chi connectivity index (χ0) is 30.9. The van der Waals surface area contributed by atoms with Gasteiger partial charge in [0.2, 0.25) is 5.91 Å². The number of thiazole rings is 1. The van der Waals surface area contributed by atoms with Crippen molar-refractivity contribution in [3.63, 3.8) is 0 Å². The molecule has 0 fully saturated rings. The SMILES string of the molecule is COc1ccc(-c2csc(NC(=O)C(C)Sc3cccc(NC(=O)/C(=C/c4ccco4)NC(=O)c4ccccc4)c3)n2)cc1. The Balaban J connectivity index is 1.22. The lowest BCUT2D eigenvalue weighted by Crippen LogP contribution is -2.30. The van der Waals surface area contributed by atoms with E-state index in [0.29, 0.717) is 22.1 Å². The van der Waals surface area contributed by atoms with Crippen LogP contribution in [-0.4, -0.2) is 35.1 Å². The van der Waals surface area contributed by atoms with Gasteiger partial charge in [-0.2, -0.15) is 0 Å². The van der Waals surface area contributed by atoms with Crippen LogP contribution < -0.4 is 20.7 Å². The number of furan rings is 1. The van der Waals surface area contributed by atoms with Crippen LogP contribution in [0.2, 0.25) is 0 Å². The molecule has 3 amide bonds. The van der Waals surface area contributed by atoms with E-state index in [9.17, 15) is 14.4 Å². The molecule has 2 aromatic heterocycles. The second-order valence-electron chi connectivity index (χ2n) is 9.39. The minimum absolute atomic E-state index is 0.0112. The van der Waals surface area contributed by atoms with Crippen molar-refractivity contribution in [2.75, 3.05) is 17.7 Å². The first kappa shape index (κ1) is 30.3. The van der Waals surface area contributed by atoms with Gasteiger partial charge in [0.25, 0.3) is 11.8 Å². The van der Waals surface area contributed by atoms with E-state index in [1.807, 2.05) is 35.7 Å². The number of rotatable bonds is 11. The molecular formula is C33H28N4O5S2. The topological polar surface area (TPSA) is 123 Å². The average molecular weight is 625 g/mol. The predicted octanol–water partition coefficient (Wildman–Crippen LogP) is 6.94. The molecule has 1 unspecified atom stereocenters. The number of nitrogens with zero attached hydrogens (tertiary/aromatic N) is 1. The van der Waals surface area contributed by atoms with E-state index >= 15 is 0 Å². The maximum Gasteiger partial charge on any atom is 0.272 e. The van der Waals surface area contributed by atoms with Crippen molar-refractivity contribution in [2.24, 2.45) is 0 Å². The third kappa shape index (κ3) is 8.03. The standard InChI is InChI=1S/C33H28N4O5S2/c1-21(30(38)37-33-36-29(20-43-33)22-13-15-25(41-2)16-14-22)44-27-12-6-10-24(18-27)34-32(40)28(19-26-11-7-17-42-26)35-31(39)23-8-4-3-5-9-23/h3-21H,1-2H3,(H,34,40)(H,35,39)(H,36,37,38)/b28-19-. The van der Waals surface area contributed by atoms with E-state index in [1.165, 1.54) is 35.4 Å². The minimum Gasteiger partial charge on any atom is -0.497 e. The zero-order valence-corrected chi connectivity index (χ0v) is 25.4. The van der Waals surface area contributed by atoms with Crippen LogP contribution >= 0.6 is 23.1 Å². The van der Waals surface area contributed by atoms with Gasteiger partial charge in [-0.15, -0.1) is 23.1 Å². The highest BCUT2D eigenvalue weighted by Gasteiger charge is 2.19. The summed E-state index contributed by atoms with van der Waals surface area (Å²) >= 11 is 2.69. The highest BCUT2D eigenvalue weighted by molar-refractivity contribution is 8.00. The van der Waals surface area contributed by atoms with Crippen molar-refractivity contribution in [1.82, 2.24) is 10.3 Å². The molecule has 3 aromatic carbocycles. The maximum absolute atomic E-state index is 13.3. The summed E-state index contributed by atoms with van der Waals surface area (Å²) in [6, 6.07) is 26.6. The molecule has 0 aliphatic rings. The van der Waals surface area contributed by atoms with Crippen molar-refractivity contribution >= 4 is 57.7 Å². The molecule has 5 aromatic rings. The highest BCUT2D eigenvalue weighted by Crippen LogP contribution is 2.29. The van der Waals surface area contributed by atoms with Gasteiger partial charge in [0.05, 0.1) is 24.3 Å². The molecule has 0 saturated heterocycles. The summed E-state index contributed by atoms with van der Waals surface area (Å²) in [5.41, 5.74) is 2.60. The first-order chi connectivity index (χ1) is 21.4. The second-order valence-corrected chi connectivity index (χ2v) is 11.7. The monoisotopic (exact) mass is 624 g/mol. The number of benzene rings is 3. The van der Waals surface area contributed by atoms with E-state index in [-0.39, 0.29) is 11.6 Å². The number of carbonyl (C=O) groups is 3. The minimum atomic E-state index is -0.532. The van der Waals surface area contributed by atoms with E-state index in [1.54, 1.807) is 74.7 Å². The van der Waals surface area contributed by atoms with Crippen LogP contribution in [0.3, 0.4) is 0 Å². The van der Waals surface area contributed by atoms with Crippen molar-refractivity contribution in [3.05, 3.63) is 120 Å². The first-order valence-electron chi connectivity index (χ1n) is 13.5. The fourth-order valence-electron chi connectivity index (χ4n) is 3.99. The molecule has 222 valence electrons. The van der Waals surface area contributed by atoms with Crippen LogP contribution in [0.5, 0.6) is 5.75 Å². The van der Waals surface area contributed by atoms with Crippen LogP contribution in [0.1, 0.15) is 23.0 Å². The average Bonchev–Trinajstić information content (AvgIpc) is 3.74. The first-order valence-corrected chi connectivity index (χ1v) is 15.2. The third-order valence-electron chi connectivity index (χ3n) is 6.25. The van der Waals surface area contributed by atoms with Crippen LogP contribution in [0.4, 0.5) is 10.8 Å². The van der Waals surface area contributed by atoms with Gasteiger partial charge in [0.1, 0.15) is 17.2 Å². The highest BCUT2D eigenvalue weighted by atomic mass is 32.2. The largest absolute Gasteiger partial charge is 0.497 e. The number of ether oxygens (including phenoxy) is 1. The summed E-state index contributed by atoms with van der Waals surface area (Å²) in [5, 5.41) is 10.3. The van der Waals surface area contributed by atoms with Crippen LogP contribution in [-0.2, 0) is 9.59 Å². The van der Waals surface area contributed by atoms with Gasteiger partial charge in [0, 0.05) is 33.2 Å². The lowest BCUT2D eigenvalue weighted by molar-refractivity contribution is -0.115. The molecule has 44 heavy (non-hydrogen) atoms. The molecule has 0 spiro atoms. The summed E-state index contributed by atoms with van der Waals surface area (Å²) in [7, 11) is 1.61. The molecule has 2 heterocycles. The molecule has 1 atom stereocenters. The number of carbonyl (C=O) groups excluding carboxylic acids is 3. The van der Waals surface area contributed by atoms with Crippen molar-refractivity contribution in [1.29, 1.82) is 0 Å². The Morgan fingerprint density at radius 3 is 2.48 bits per heavy atom. The fourth-order valence-corrected chi connectivity index (χ4v) is 5.64. The van der Waals surface area contributed by atoms with Gasteiger partial charge >= 0.3 is 0 Å². The van der Waals surface area contributed by atoms with Crippen molar-refractivity contribution < 1.29 is 23.5 Å². The fraction of sp³-hybridized carbons (Fsp3) is 0.0909. The number of thioether (sulfide) groups is 1. The molecule has 0 radical (unpaired) electrons. The van der Waals surface area contributed by atoms with Gasteiger partial charge in [-0.05, 0) is 73.7 Å². The van der Waals surface area contributed by atoms with Gasteiger partial charge < -0.3 is 25.1 Å². The van der Waals surface area contributed by atoms with E-state index in [2.05, 4.69) is 20.9 Å². The Labute approximate surface area is 262 Å². The van der Waals surface area contributed by atoms with Gasteiger partial charge in [-0.3, -0.25) is 14.4 Å². The molecule has 5 rings (SSSR count). The number of nitrogens with one attached hydrogen (secondary N) is 3. The number of anilines is 2. The van der Waals surface area contributed by atoms with E-state index < -0.39 is 17.1 Å². The van der Waals surface area contributed by atoms with Crippen molar-refractivity contribution in [3.8, 4) is 17.0 Å². The lowest BCUT2D eigenvalue weighted by Gasteiger charge is -2.13. The van der Waals surface area contributed by atoms with Gasteiger partial charge in [0.15, 0.2) is 5.13 Å². The number of methoxy groups -OCH3 is 1. The van der Waals surface area contributed by atoms with Crippen molar-refractivity contribution in [2.45, 2.75) is 17.1 Å². The summed E-state index contributed by atoms with van der Waals surface area (Å²) < 4.78 is 10.6. The van der Waals surface area contributed by atoms with E-state index in [4.69, 9.17) is 9.15 Å². The number of hydrogen-bond donors (Lipinski definition) is 3. The third-order valence-corrected chi connectivity index (χ3v) is 8.10. The molecule has 0 saturated carbocycles. The molecule has 0 bridgehead atoms. The Morgan fingerprint density at radius 2 is 1.75 bits per heavy atom. The Kier molecular flexibility index (Phi) is 9.90. The summed E-state index contributed by atoms with van der Waals surface area (Å²) in [6.07, 6.45) is 2.94. The molecule has 3 N–H and O–H groups in total. The van der Waals surface area contributed by atoms with Crippen LogP contribution in [0.25, 0.3) is 17.3 Å². The lowest BCUT2D eigenvalue weighted by atomic mass is 10.2. The number of hydrogen-bond acceptors (Lipinski definition) is 8. The van der Waals surface area contributed by atoms with Crippen LogP contribution in [0.15, 0.2) is 118 Å². The number of amides is 3. The van der Waals surface area contributed by atoms with Crippen LogP contribution in [0, 0.1) is 0 Å². The molecule has 9 nitrogen and oxygen atoms in total. The number of aromatic nitrogens is 1. The molecule has 0 aliphatic heterocycles.